The summed E-state index contributed by atoms with van der Waals surface area (Å²) in [5, 5.41) is 4.40. The Hall–Kier alpha value is -1.77. The highest BCUT2D eigenvalue weighted by atomic mass is 15.3. The molecule has 0 bridgehead atoms. The molecule has 0 aliphatic rings. The number of rotatable bonds is 1. The summed E-state index contributed by atoms with van der Waals surface area (Å²) in [7, 11) is 1.86. The van der Waals surface area contributed by atoms with Gasteiger partial charge in [0.2, 0.25) is 0 Å². The van der Waals surface area contributed by atoms with Crippen molar-refractivity contribution in [1.29, 1.82) is 0 Å². The molecule has 15 heavy (non-hydrogen) atoms. The summed E-state index contributed by atoms with van der Waals surface area (Å²) in [4.78, 5) is 0. The van der Waals surface area contributed by atoms with Gasteiger partial charge in [-0.2, -0.15) is 5.10 Å². The van der Waals surface area contributed by atoms with Crippen molar-refractivity contribution >= 4 is 5.82 Å². The second-order valence-corrected chi connectivity index (χ2v) is 3.85. The molecule has 0 saturated heterocycles. The molecule has 2 rings (SSSR count). The Kier molecular flexibility index (Phi) is 2.23. The normalized spacial score (nSPS) is 10.6. The predicted molar refractivity (Wildman–Crippen MR) is 62.5 cm³/mol. The molecule has 1 aromatic heterocycles. The third-order valence-corrected chi connectivity index (χ3v) is 2.66. The summed E-state index contributed by atoms with van der Waals surface area (Å²) in [6.07, 6.45) is 0. The molecule has 0 unspecified atom stereocenters. The first-order valence-corrected chi connectivity index (χ1v) is 4.95. The van der Waals surface area contributed by atoms with E-state index in [9.17, 15) is 0 Å². The maximum absolute atomic E-state index is 5.87. The fourth-order valence-corrected chi connectivity index (χ4v) is 1.63. The first kappa shape index (κ1) is 9.77. The number of hydrogen-bond donors (Lipinski definition) is 1. The van der Waals surface area contributed by atoms with Crippen LogP contribution in [0.3, 0.4) is 0 Å². The maximum atomic E-state index is 5.87. The lowest BCUT2D eigenvalue weighted by atomic mass is 10.1. The van der Waals surface area contributed by atoms with Crippen LogP contribution in [-0.4, -0.2) is 9.78 Å². The molecule has 78 valence electrons. The van der Waals surface area contributed by atoms with Crippen LogP contribution >= 0.6 is 0 Å². The summed E-state index contributed by atoms with van der Waals surface area (Å²) in [5.41, 5.74) is 10.2. The van der Waals surface area contributed by atoms with Gasteiger partial charge in [0.1, 0.15) is 5.82 Å². The average molecular weight is 201 g/mol. The number of aryl methyl sites for hydroxylation is 2. The molecule has 1 heterocycles. The van der Waals surface area contributed by atoms with Gasteiger partial charge in [-0.05, 0) is 13.8 Å². The van der Waals surface area contributed by atoms with E-state index in [0.717, 1.165) is 22.6 Å². The Labute approximate surface area is 89.5 Å². The van der Waals surface area contributed by atoms with Crippen molar-refractivity contribution in [2.24, 2.45) is 7.05 Å². The number of aromatic nitrogens is 2. The Bertz CT molecular complexity index is 480. The van der Waals surface area contributed by atoms with Gasteiger partial charge in [0.15, 0.2) is 0 Å². The van der Waals surface area contributed by atoms with Crippen molar-refractivity contribution in [3.8, 4) is 11.3 Å². The van der Waals surface area contributed by atoms with Crippen LogP contribution in [0.4, 0.5) is 5.82 Å². The highest BCUT2D eigenvalue weighted by Crippen LogP contribution is 2.25. The SMILES string of the molecule is Cc1ccc(-c2nn(C)c(N)c2C)cc1. The molecule has 1 aromatic carbocycles. The van der Waals surface area contributed by atoms with E-state index >= 15 is 0 Å². The Morgan fingerprint density at radius 3 is 2.20 bits per heavy atom. The minimum absolute atomic E-state index is 0.727. The van der Waals surface area contributed by atoms with Gasteiger partial charge in [-0.1, -0.05) is 29.8 Å². The van der Waals surface area contributed by atoms with Gasteiger partial charge in [0, 0.05) is 18.2 Å². The zero-order valence-corrected chi connectivity index (χ0v) is 9.28. The van der Waals surface area contributed by atoms with Gasteiger partial charge in [-0.25, -0.2) is 0 Å². The molecular weight excluding hydrogens is 186 g/mol. The maximum Gasteiger partial charge on any atom is 0.124 e. The van der Waals surface area contributed by atoms with E-state index in [2.05, 4.69) is 36.3 Å². The lowest BCUT2D eigenvalue weighted by Crippen LogP contribution is -1.97. The molecule has 0 radical (unpaired) electrons. The van der Waals surface area contributed by atoms with Gasteiger partial charge in [0.25, 0.3) is 0 Å². The van der Waals surface area contributed by atoms with E-state index in [1.165, 1.54) is 5.56 Å². The molecule has 0 saturated carbocycles. The quantitative estimate of drug-likeness (QED) is 0.769. The van der Waals surface area contributed by atoms with E-state index in [4.69, 9.17) is 5.73 Å². The van der Waals surface area contributed by atoms with Crippen molar-refractivity contribution < 1.29 is 0 Å². The van der Waals surface area contributed by atoms with Crippen LogP contribution in [0, 0.1) is 13.8 Å². The second-order valence-electron chi connectivity index (χ2n) is 3.85. The highest BCUT2D eigenvalue weighted by Gasteiger charge is 2.10. The van der Waals surface area contributed by atoms with Gasteiger partial charge >= 0.3 is 0 Å². The van der Waals surface area contributed by atoms with Crippen molar-refractivity contribution in [3.63, 3.8) is 0 Å². The smallest absolute Gasteiger partial charge is 0.124 e. The third-order valence-electron chi connectivity index (χ3n) is 2.66. The van der Waals surface area contributed by atoms with Crippen molar-refractivity contribution in [2.45, 2.75) is 13.8 Å². The van der Waals surface area contributed by atoms with Crippen molar-refractivity contribution in [3.05, 3.63) is 35.4 Å². The molecule has 0 amide bonds. The minimum atomic E-state index is 0.727. The van der Waals surface area contributed by atoms with Crippen molar-refractivity contribution in [1.82, 2.24) is 9.78 Å². The van der Waals surface area contributed by atoms with Gasteiger partial charge in [0.05, 0.1) is 5.69 Å². The lowest BCUT2D eigenvalue weighted by Gasteiger charge is -1.98. The topological polar surface area (TPSA) is 43.8 Å². The van der Waals surface area contributed by atoms with Gasteiger partial charge in [-0.3, -0.25) is 4.68 Å². The molecule has 0 fully saturated rings. The number of hydrogen-bond acceptors (Lipinski definition) is 2. The van der Waals surface area contributed by atoms with E-state index in [1.54, 1.807) is 4.68 Å². The van der Waals surface area contributed by atoms with Crippen LogP contribution in [-0.2, 0) is 7.05 Å². The molecule has 3 nitrogen and oxygen atoms in total. The van der Waals surface area contributed by atoms with Crippen LogP contribution in [0.25, 0.3) is 11.3 Å². The monoisotopic (exact) mass is 201 g/mol. The zero-order chi connectivity index (χ0) is 11.0. The summed E-state index contributed by atoms with van der Waals surface area (Å²) >= 11 is 0. The number of nitrogen functional groups attached to an aromatic ring is 1. The van der Waals surface area contributed by atoms with E-state index in [1.807, 2.05) is 14.0 Å². The molecule has 0 spiro atoms. The molecule has 0 aliphatic heterocycles. The first-order valence-electron chi connectivity index (χ1n) is 4.95. The Morgan fingerprint density at radius 1 is 1.13 bits per heavy atom. The molecular formula is C12H15N3. The molecule has 0 aliphatic carbocycles. The summed E-state index contributed by atoms with van der Waals surface area (Å²) in [6.45, 7) is 4.07. The fourth-order valence-electron chi connectivity index (χ4n) is 1.63. The molecule has 2 N–H and O–H groups in total. The zero-order valence-electron chi connectivity index (χ0n) is 9.28. The number of nitrogens with two attached hydrogens (primary N) is 1. The van der Waals surface area contributed by atoms with Crippen molar-refractivity contribution in [2.75, 3.05) is 5.73 Å². The van der Waals surface area contributed by atoms with Gasteiger partial charge in [-0.15, -0.1) is 0 Å². The number of benzene rings is 1. The first-order chi connectivity index (χ1) is 7.09. The van der Waals surface area contributed by atoms with E-state index in [-0.39, 0.29) is 0 Å². The average Bonchev–Trinajstić information content (AvgIpc) is 2.47. The molecule has 3 heteroatoms. The molecule has 0 atom stereocenters. The van der Waals surface area contributed by atoms with Crippen LogP contribution in [0.2, 0.25) is 0 Å². The van der Waals surface area contributed by atoms with Crippen LogP contribution in [0.15, 0.2) is 24.3 Å². The second kappa shape index (κ2) is 3.42. The fraction of sp³-hybridized carbons (Fsp3) is 0.250. The van der Waals surface area contributed by atoms with Crippen LogP contribution in [0.5, 0.6) is 0 Å². The summed E-state index contributed by atoms with van der Waals surface area (Å²) in [5.74, 6) is 0.727. The highest BCUT2D eigenvalue weighted by molar-refractivity contribution is 5.67. The summed E-state index contributed by atoms with van der Waals surface area (Å²) < 4.78 is 1.71. The number of nitrogens with zero attached hydrogens (tertiary/aromatic N) is 2. The van der Waals surface area contributed by atoms with E-state index < -0.39 is 0 Å². The third kappa shape index (κ3) is 1.61. The predicted octanol–water partition coefficient (Wildman–Crippen LogP) is 2.29. The Balaban J connectivity index is 2.54. The Morgan fingerprint density at radius 2 is 1.73 bits per heavy atom. The largest absolute Gasteiger partial charge is 0.384 e. The molecule has 2 aromatic rings. The van der Waals surface area contributed by atoms with Gasteiger partial charge < -0.3 is 5.73 Å². The minimum Gasteiger partial charge on any atom is -0.384 e. The van der Waals surface area contributed by atoms with Crippen LogP contribution in [0.1, 0.15) is 11.1 Å². The number of anilines is 1. The van der Waals surface area contributed by atoms with Crippen LogP contribution < -0.4 is 5.73 Å². The standard InChI is InChI=1S/C12H15N3/c1-8-4-6-10(7-5-8)11-9(2)12(13)15(3)14-11/h4-7H,13H2,1-3H3. The van der Waals surface area contributed by atoms with E-state index in [0.29, 0.717) is 0 Å². The summed E-state index contributed by atoms with van der Waals surface area (Å²) in [6, 6.07) is 8.31. The lowest BCUT2D eigenvalue weighted by molar-refractivity contribution is 0.782.